The van der Waals surface area contributed by atoms with E-state index in [1.165, 1.54) is 0 Å². The fourth-order valence-corrected chi connectivity index (χ4v) is 0.991. The van der Waals surface area contributed by atoms with Crippen molar-refractivity contribution in [3.8, 4) is 11.3 Å². The van der Waals surface area contributed by atoms with Crippen molar-refractivity contribution >= 4 is 0 Å². The quantitative estimate of drug-likeness (QED) is 0.629. The van der Waals surface area contributed by atoms with E-state index in [0.29, 0.717) is 0 Å². The number of benzene rings is 1. The van der Waals surface area contributed by atoms with Crippen LogP contribution in [0, 0.1) is 6.07 Å². The van der Waals surface area contributed by atoms with E-state index in [0.717, 1.165) is 11.3 Å². The van der Waals surface area contributed by atoms with Crippen molar-refractivity contribution in [2.45, 2.75) is 0 Å². The molecule has 2 rings (SSSR count). The van der Waals surface area contributed by atoms with E-state index >= 15 is 0 Å². The van der Waals surface area contributed by atoms with Gasteiger partial charge < -0.3 is 0 Å². The molecule has 0 aliphatic rings. The second kappa shape index (κ2) is 3.13. The first-order valence-electron chi connectivity index (χ1n) is 3.70. The maximum atomic E-state index is 4.16. The third-order valence-corrected chi connectivity index (χ3v) is 1.55. The summed E-state index contributed by atoms with van der Waals surface area (Å²) in [6, 6.07) is 10.8. The number of rotatable bonds is 1. The number of hydrogen-bond donors (Lipinski definition) is 0. The number of nitrogens with zero attached hydrogens (tertiary/aromatic N) is 2. The summed E-state index contributed by atoms with van der Waals surface area (Å²) in [5, 5.41) is 0. The molecule has 0 bridgehead atoms. The van der Waals surface area contributed by atoms with Gasteiger partial charge in [0.05, 0.1) is 11.9 Å². The molecule has 1 aromatic carbocycles. The molecule has 0 spiro atoms. The first-order valence-corrected chi connectivity index (χ1v) is 3.70. The van der Waals surface area contributed by atoms with Crippen LogP contribution in [0.4, 0.5) is 0 Å². The third kappa shape index (κ3) is 1.32. The standard InChI is InChI=1S/C10H7N2/c1-2-4-9(5-3-1)10-8-11-6-7-12-10/h1-4,6-8H. The van der Waals surface area contributed by atoms with Gasteiger partial charge in [-0.25, -0.2) is 0 Å². The van der Waals surface area contributed by atoms with E-state index in [9.17, 15) is 0 Å². The van der Waals surface area contributed by atoms with Crippen LogP contribution in [0.1, 0.15) is 0 Å². The minimum atomic E-state index is 0.859. The van der Waals surface area contributed by atoms with Crippen LogP contribution >= 0.6 is 0 Å². The monoisotopic (exact) mass is 155 g/mol. The van der Waals surface area contributed by atoms with Gasteiger partial charge in [-0.05, 0) is 6.07 Å². The lowest BCUT2D eigenvalue weighted by Crippen LogP contribution is -1.82. The lowest BCUT2D eigenvalue weighted by Gasteiger charge is -1.96. The molecule has 0 saturated carbocycles. The van der Waals surface area contributed by atoms with E-state index in [-0.39, 0.29) is 0 Å². The summed E-state index contributed by atoms with van der Waals surface area (Å²) in [5.41, 5.74) is 1.84. The van der Waals surface area contributed by atoms with Crippen molar-refractivity contribution in [1.29, 1.82) is 0 Å². The molecule has 57 valence electrons. The minimum Gasteiger partial charge on any atom is -0.261 e. The highest BCUT2D eigenvalue weighted by Gasteiger charge is 1.95. The SMILES string of the molecule is [c]1ccccc1-c1cnccn1. The minimum absolute atomic E-state index is 0.859. The average Bonchev–Trinajstić information content (AvgIpc) is 2.21. The molecule has 2 heteroatoms. The van der Waals surface area contributed by atoms with E-state index < -0.39 is 0 Å². The lowest BCUT2D eigenvalue weighted by molar-refractivity contribution is 1.20. The topological polar surface area (TPSA) is 25.8 Å². The summed E-state index contributed by atoms with van der Waals surface area (Å²) in [4.78, 5) is 8.13. The molecule has 1 aromatic heterocycles. The summed E-state index contributed by atoms with van der Waals surface area (Å²) in [7, 11) is 0. The van der Waals surface area contributed by atoms with Crippen LogP contribution < -0.4 is 0 Å². The average molecular weight is 155 g/mol. The predicted octanol–water partition coefficient (Wildman–Crippen LogP) is 1.94. The van der Waals surface area contributed by atoms with Gasteiger partial charge in [-0.1, -0.05) is 24.3 Å². The largest absolute Gasteiger partial charge is 0.261 e. The molecular formula is C10H7N2. The summed E-state index contributed by atoms with van der Waals surface area (Å²) in [6.45, 7) is 0. The highest BCUT2D eigenvalue weighted by molar-refractivity contribution is 5.56. The Bertz CT molecular complexity index is 305. The van der Waals surface area contributed by atoms with Gasteiger partial charge in [-0.2, -0.15) is 0 Å². The zero-order valence-corrected chi connectivity index (χ0v) is 6.44. The van der Waals surface area contributed by atoms with E-state index in [1.807, 2.05) is 24.3 Å². The molecule has 0 saturated heterocycles. The molecule has 2 aromatic rings. The van der Waals surface area contributed by atoms with Crippen molar-refractivity contribution in [3.63, 3.8) is 0 Å². The summed E-state index contributed by atoms with van der Waals surface area (Å²) < 4.78 is 0. The Hall–Kier alpha value is -1.70. The fraction of sp³-hybridized carbons (Fsp3) is 0. The molecule has 2 nitrogen and oxygen atoms in total. The van der Waals surface area contributed by atoms with Crippen molar-refractivity contribution in [2.24, 2.45) is 0 Å². The van der Waals surface area contributed by atoms with Gasteiger partial charge in [-0.15, -0.1) is 0 Å². The van der Waals surface area contributed by atoms with Gasteiger partial charge in [-0.3, -0.25) is 9.97 Å². The van der Waals surface area contributed by atoms with E-state index in [4.69, 9.17) is 0 Å². The lowest BCUT2D eigenvalue weighted by atomic mass is 10.2. The maximum absolute atomic E-state index is 4.16. The second-order valence-corrected chi connectivity index (χ2v) is 2.37. The third-order valence-electron chi connectivity index (χ3n) is 1.55. The van der Waals surface area contributed by atoms with Crippen molar-refractivity contribution in [1.82, 2.24) is 9.97 Å². The Labute approximate surface area is 70.9 Å². The highest BCUT2D eigenvalue weighted by Crippen LogP contribution is 2.12. The molecule has 0 atom stereocenters. The van der Waals surface area contributed by atoms with Crippen LogP contribution in [0.5, 0.6) is 0 Å². The first kappa shape index (κ1) is 6.98. The Kier molecular flexibility index (Phi) is 1.82. The summed E-state index contributed by atoms with van der Waals surface area (Å²) in [6.07, 6.45) is 5.06. The Morgan fingerprint density at radius 2 is 2.17 bits per heavy atom. The predicted molar refractivity (Wildman–Crippen MR) is 46.3 cm³/mol. The Morgan fingerprint density at radius 1 is 1.17 bits per heavy atom. The molecule has 0 aliphatic carbocycles. The smallest absolute Gasteiger partial charge is 0.0891 e. The normalized spacial score (nSPS) is 9.67. The van der Waals surface area contributed by atoms with Crippen LogP contribution in [0.15, 0.2) is 42.9 Å². The van der Waals surface area contributed by atoms with Gasteiger partial charge in [0.15, 0.2) is 0 Å². The molecule has 1 heterocycles. The molecule has 0 N–H and O–H groups in total. The molecule has 0 amide bonds. The van der Waals surface area contributed by atoms with Gasteiger partial charge in [0.2, 0.25) is 0 Å². The first-order chi connectivity index (χ1) is 5.97. The summed E-state index contributed by atoms with van der Waals surface area (Å²) >= 11 is 0. The maximum Gasteiger partial charge on any atom is 0.0891 e. The van der Waals surface area contributed by atoms with Crippen molar-refractivity contribution in [3.05, 3.63) is 48.9 Å². The Balaban J connectivity index is 2.46. The van der Waals surface area contributed by atoms with Crippen LogP contribution in [0.25, 0.3) is 11.3 Å². The van der Waals surface area contributed by atoms with E-state index in [2.05, 4.69) is 16.0 Å². The number of aromatic nitrogens is 2. The second-order valence-electron chi connectivity index (χ2n) is 2.37. The molecule has 0 unspecified atom stereocenters. The van der Waals surface area contributed by atoms with Crippen LogP contribution in [-0.4, -0.2) is 9.97 Å². The zero-order chi connectivity index (χ0) is 8.23. The number of hydrogen-bond acceptors (Lipinski definition) is 2. The zero-order valence-electron chi connectivity index (χ0n) is 6.44. The molecule has 0 aliphatic heterocycles. The van der Waals surface area contributed by atoms with Crippen LogP contribution in [0.2, 0.25) is 0 Å². The fourth-order valence-electron chi connectivity index (χ4n) is 0.991. The molecule has 0 fully saturated rings. The van der Waals surface area contributed by atoms with Crippen LogP contribution in [0.3, 0.4) is 0 Å². The van der Waals surface area contributed by atoms with Gasteiger partial charge in [0, 0.05) is 18.0 Å². The molecule has 12 heavy (non-hydrogen) atoms. The highest BCUT2D eigenvalue weighted by atomic mass is 14.8. The molecule has 1 radical (unpaired) electrons. The summed E-state index contributed by atoms with van der Waals surface area (Å²) in [5.74, 6) is 0. The van der Waals surface area contributed by atoms with Crippen molar-refractivity contribution in [2.75, 3.05) is 0 Å². The van der Waals surface area contributed by atoms with Gasteiger partial charge in [0.1, 0.15) is 0 Å². The Morgan fingerprint density at radius 3 is 2.83 bits per heavy atom. The van der Waals surface area contributed by atoms with Gasteiger partial charge in [0.25, 0.3) is 0 Å². The van der Waals surface area contributed by atoms with Crippen LogP contribution in [-0.2, 0) is 0 Å². The van der Waals surface area contributed by atoms with Crippen molar-refractivity contribution < 1.29 is 0 Å². The molecular weight excluding hydrogens is 148 g/mol. The van der Waals surface area contributed by atoms with E-state index in [1.54, 1.807) is 18.6 Å². The van der Waals surface area contributed by atoms with Gasteiger partial charge >= 0.3 is 0 Å².